The van der Waals surface area contributed by atoms with Crippen LogP contribution in [0.1, 0.15) is 5.56 Å². The van der Waals surface area contributed by atoms with Crippen molar-refractivity contribution in [3.8, 4) is 28.7 Å². The van der Waals surface area contributed by atoms with Crippen LogP contribution in [0.25, 0.3) is 0 Å². The Morgan fingerprint density at radius 2 is 1.32 bits per heavy atom. The van der Waals surface area contributed by atoms with Gasteiger partial charge in [0.1, 0.15) is 0 Å². The van der Waals surface area contributed by atoms with Gasteiger partial charge in [-0.3, -0.25) is 0 Å². The van der Waals surface area contributed by atoms with Crippen LogP contribution in [-0.4, -0.2) is 27.5 Å². The highest BCUT2D eigenvalue weighted by molar-refractivity contribution is 5.48. The van der Waals surface area contributed by atoms with Gasteiger partial charge in [-0.2, -0.15) is 0 Å². The predicted molar refractivity (Wildman–Crippen MR) is 70.8 cm³/mol. The molecule has 4 N–H and O–H groups in total. The molecule has 0 heterocycles. The number of benzene rings is 2. The summed E-state index contributed by atoms with van der Waals surface area (Å²) in [7, 11) is 1.43. The summed E-state index contributed by atoms with van der Waals surface area (Å²) in [4.78, 5) is 0. The van der Waals surface area contributed by atoms with Gasteiger partial charge < -0.3 is 25.2 Å². The summed E-state index contributed by atoms with van der Waals surface area (Å²) >= 11 is 0. The minimum atomic E-state index is -0.218. The summed E-state index contributed by atoms with van der Waals surface area (Å²) in [6.45, 7) is 1.73. The summed E-state index contributed by atoms with van der Waals surface area (Å²) in [5, 5.41) is 35.7. The molecule has 0 aliphatic heterocycles. The van der Waals surface area contributed by atoms with E-state index in [1.807, 2.05) is 0 Å². The Labute approximate surface area is 111 Å². The van der Waals surface area contributed by atoms with Crippen LogP contribution in [0.15, 0.2) is 36.4 Å². The van der Waals surface area contributed by atoms with Gasteiger partial charge in [0.25, 0.3) is 0 Å². The zero-order chi connectivity index (χ0) is 14.4. The van der Waals surface area contributed by atoms with Crippen molar-refractivity contribution in [3.63, 3.8) is 0 Å². The van der Waals surface area contributed by atoms with Crippen LogP contribution in [0.2, 0.25) is 0 Å². The summed E-state index contributed by atoms with van der Waals surface area (Å²) in [6, 6.07) is 9.41. The molecule has 2 rings (SSSR count). The lowest BCUT2D eigenvalue weighted by molar-refractivity contribution is 0.351. The average Bonchev–Trinajstić information content (AvgIpc) is 2.40. The van der Waals surface area contributed by atoms with Crippen molar-refractivity contribution in [2.24, 2.45) is 0 Å². The molecule has 0 saturated carbocycles. The van der Waals surface area contributed by atoms with Crippen LogP contribution in [0, 0.1) is 6.92 Å². The lowest BCUT2D eigenvalue weighted by atomic mass is 10.2. The first-order chi connectivity index (χ1) is 8.97. The van der Waals surface area contributed by atoms with Crippen LogP contribution in [-0.2, 0) is 0 Å². The molecule has 0 fully saturated rings. The molecule has 102 valence electrons. The van der Waals surface area contributed by atoms with E-state index in [4.69, 9.17) is 25.2 Å². The molecule has 0 radical (unpaired) electrons. The van der Waals surface area contributed by atoms with Crippen LogP contribution in [0.3, 0.4) is 0 Å². The van der Waals surface area contributed by atoms with Crippen molar-refractivity contribution in [3.05, 3.63) is 42.0 Å². The highest BCUT2D eigenvalue weighted by Gasteiger charge is 2.03. The van der Waals surface area contributed by atoms with Crippen molar-refractivity contribution in [1.29, 1.82) is 0 Å². The Kier molecular flexibility index (Phi) is 4.88. The molecule has 2 aromatic rings. The summed E-state index contributed by atoms with van der Waals surface area (Å²) in [5.74, 6) is -0.197. The maximum atomic E-state index is 9.02. The van der Waals surface area contributed by atoms with Crippen molar-refractivity contribution in [2.75, 3.05) is 7.11 Å². The number of phenolic OH excluding ortho intramolecular Hbond substituents is 4. The van der Waals surface area contributed by atoms with Gasteiger partial charge >= 0.3 is 0 Å². The number of para-hydroxylation sites is 2. The Bertz CT molecular complexity index is 531. The van der Waals surface area contributed by atoms with Crippen molar-refractivity contribution in [1.82, 2.24) is 0 Å². The minimum Gasteiger partial charge on any atom is -0.504 e. The highest BCUT2D eigenvalue weighted by atomic mass is 16.5. The van der Waals surface area contributed by atoms with Crippen molar-refractivity contribution in [2.45, 2.75) is 6.92 Å². The fourth-order valence-electron chi connectivity index (χ4n) is 1.32. The van der Waals surface area contributed by atoms with E-state index in [-0.39, 0.29) is 28.7 Å². The number of rotatable bonds is 1. The number of phenols is 4. The Balaban J connectivity index is 0.000000191. The van der Waals surface area contributed by atoms with Crippen molar-refractivity contribution >= 4 is 0 Å². The van der Waals surface area contributed by atoms with Gasteiger partial charge in [-0.05, 0) is 30.7 Å². The fraction of sp³-hybridized carbons (Fsp3) is 0.143. The molecule has 0 spiro atoms. The van der Waals surface area contributed by atoms with E-state index >= 15 is 0 Å². The SMILES string of the molecule is COc1cccc(O)c1O.Cc1cccc(O)c1O. The van der Waals surface area contributed by atoms with Crippen LogP contribution < -0.4 is 4.74 Å². The first-order valence-electron chi connectivity index (χ1n) is 5.49. The normalized spacial score (nSPS) is 9.37. The first kappa shape index (κ1) is 14.5. The largest absolute Gasteiger partial charge is 0.504 e. The van der Waals surface area contributed by atoms with Gasteiger partial charge in [0.05, 0.1) is 7.11 Å². The van der Waals surface area contributed by atoms with E-state index < -0.39 is 0 Å². The monoisotopic (exact) mass is 264 g/mol. The second-order valence-corrected chi connectivity index (χ2v) is 3.77. The second kappa shape index (κ2) is 6.39. The minimum absolute atomic E-state index is 0.0301. The maximum absolute atomic E-state index is 9.02. The smallest absolute Gasteiger partial charge is 0.200 e. The van der Waals surface area contributed by atoms with Gasteiger partial charge in [0.2, 0.25) is 0 Å². The molecule has 5 heteroatoms. The molecule has 0 atom stereocenters. The van der Waals surface area contributed by atoms with Crippen LogP contribution in [0.5, 0.6) is 28.7 Å². The lowest BCUT2D eigenvalue weighted by Crippen LogP contribution is -1.82. The highest BCUT2D eigenvalue weighted by Crippen LogP contribution is 2.33. The third-order valence-corrected chi connectivity index (χ3v) is 2.41. The zero-order valence-electron chi connectivity index (χ0n) is 10.7. The van der Waals surface area contributed by atoms with Crippen molar-refractivity contribution < 1.29 is 25.2 Å². The molecule has 0 amide bonds. The summed E-state index contributed by atoms with van der Waals surface area (Å²) in [6.07, 6.45) is 0. The quantitative estimate of drug-likeness (QED) is 0.594. The molecule has 0 bridgehead atoms. The molecule has 2 aromatic carbocycles. The topological polar surface area (TPSA) is 90.2 Å². The molecule has 0 unspecified atom stereocenters. The maximum Gasteiger partial charge on any atom is 0.200 e. The van der Waals surface area contributed by atoms with E-state index in [1.165, 1.54) is 19.2 Å². The Morgan fingerprint density at radius 3 is 1.74 bits per heavy atom. The van der Waals surface area contributed by atoms with Gasteiger partial charge in [0, 0.05) is 0 Å². The van der Waals surface area contributed by atoms with Gasteiger partial charge in [-0.1, -0.05) is 18.2 Å². The summed E-state index contributed by atoms with van der Waals surface area (Å²) < 4.78 is 4.72. The number of methoxy groups -OCH3 is 1. The lowest BCUT2D eigenvalue weighted by Gasteiger charge is -2.02. The third-order valence-electron chi connectivity index (χ3n) is 2.41. The molecule has 5 nitrogen and oxygen atoms in total. The van der Waals surface area contributed by atoms with E-state index in [2.05, 4.69) is 0 Å². The molecule has 0 aromatic heterocycles. The van der Waals surface area contributed by atoms with Gasteiger partial charge in [-0.25, -0.2) is 0 Å². The number of hydrogen-bond donors (Lipinski definition) is 4. The zero-order valence-corrected chi connectivity index (χ0v) is 10.7. The number of hydrogen-bond acceptors (Lipinski definition) is 5. The van der Waals surface area contributed by atoms with E-state index in [0.717, 1.165) is 0 Å². The van der Waals surface area contributed by atoms with Gasteiger partial charge in [0.15, 0.2) is 28.7 Å². The molecule has 0 saturated heterocycles. The predicted octanol–water partition coefficient (Wildman–Crippen LogP) is 2.51. The average molecular weight is 264 g/mol. The summed E-state index contributed by atoms with van der Waals surface area (Å²) in [5.41, 5.74) is 0.690. The number of ether oxygens (including phenoxy) is 1. The molecular formula is C14H16O5. The van der Waals surface area contributed by atoms with Crippen LogP contribution in [0.4, 0.5) is 0 Å². The first-order valence-corrected chi connectivity index (χ1v) is 5.49. The molecule has 19 heavy (non-hydrogen) atoms. The van der Waals surface area contributed by atoms with E-state index in [1.54, 1.807) is 31.2 Å². The van der Waals surface area contributed by atoms with Gasteiger partial charge in [-0.15, -0.1) is 0 Å². The Hall–Kier alpha value is -2.56. The molecule has 0 aliphatic carbocycles. The standard InChI is InChI=1S/C7H8O3.C7H8O2/c1-10-6-4-2-3-5(8)7(6)9;1-5-3-2-4-6(8)7(5)9/h2-4,8-9H,1H3;2-4,8-9H,1H3. The Morgan fingerprint density at radius 1 is 0.789 bits per heavy atom. The number of aryl methyl sites for hydroxylation is 1. The van der Waals surface area contributed by atoms with E-state index in [0.29, 0.717) is 5.56 Å². The third kappa shape index (κ3) is 3.70. The fourth-order valence-corrected chi connectivity index (χ4v) is 1.32. The van der Waals surface area contributed by atoms with E-state index in [9.17, 15) is 0 Å². The second-order valence-electron chi connectivity index (χ2n) is 3.77. The van der Waals surface area contributed by atoms with Crippen LogP contribution >= 0.6 is 0 Å². The molecule has 0 aliphatic rings. The number of aromatic hydroxyl groups is 4. The molecular weight excluding hydrogens is 248 g/mol.